The first-order chi connectivity index (χ1) is 20.0. The monoisotopic (exact) mass is 559 g/mol. The molecular formula is C31H37N5O5. The van der Waals surface area contributed by atoms with Gasteiger partial charge in [0.25, 0.3) is 0 Å². The summed E-state index contributed by atoms with van der Waals surface area (Å²) in [6.45, 7) is 9.16. The van der Waals surface area contributed by atoms with Crippen molar-refractivity contribution in [3.8, 4) is 11.5 Å². The first-order valence-electron chi connectivity index (χ1n) is 14.0. The SMILES string of the molecule is Cc1cccc(C)c1OC(=O)N1C/C=C\COCc2cc(ccc2OCCN2CCN(O)CC2)Cc2nccc1n2. The summed E-state index contributed by atoms with van der Waals surface area (Å²) in [7, 11) is 0. The van der Waals surface area contributed by atoms with Crippen LogP contribution in [-0.2, 0) is 17.8 Å². The Labute approximate surface area is 240 Å². The van der Waals surface area contributed by atoms with Gasteiger partial charge in [0.15, 0.2) is 0 Å². The van der Waals surface area contributed by atoms with E-state index in [1.807, 2.05) is 56.3 Å². The van der Waals surface area contributed by atoms with E-state index in [9.17, 15) is 10.0 Å². The number of hydrogen-bond acceptors (Lipinski definition) is 9. The Morgan fingerprint density at radius 2 is 1.85 bits per heavy atom. The summed E-state index contributed by atoms with van der Waals surface area (Å²) < 4.78 is 18.0. The van der Waals surface area contributed by atoms with Crippen LogP contribution in [-0.4, -0.2) is 83.7 Å². The molecule has 0 radical (unpaired) electrons. The minimum Gasteiger partial charge on any atom is -0.492 e. The highest BCUT2D eigenvalue weighted by Crippen LogP contribution is 2.26. The molecule has 4 bridgehead atoms. The molecule has 2 aliphatic rings. The predicted octanol–water partition coefficient (Wildman–Crippen LogP) is 4.16. The minimum absolute atomic E-state index is 0.272. The number of anilines is 1. The number of aryl methyl sites for hydroxylation is 2. The number of amides is 1. The maximum absolute atomic E-state index is 13.3. The second-order valence-electron chi connectivity index (χ2n) is 10.3. The Morgan fingerprint density at radius 1 is 1.05 bits per heavy atom. The van der Waals surface area contributed by atoms with Crippen molar-refractivity contribution < 1.29 is 24.2 Å². The van der Waals surface area contributed by atoms with E-state index in [2.05, 4.69) is 16.0 Å². The molecule has 0 atom stereocenters. The Balaban J connectivity index is 1.32. The molecule has 5 rings (SSSR count). The highest BCUT2D eigenvalue weighted by atomic mass is 16.6. The molecule has 1 aromatic heterocycles. The third-order valence-corrected chi connectivity index (χ3v) is 7.21. The van der Waals surface area contributed by atoms with Crippen molar-refractivity contribution in [1.82, 2.24) is 19.9 Å². The van der Waals surface area contributed by atoms with E-state index in [-0.39, 0.29) is 6.54 Å². The van der Waals surface area contributed by atoms with Crippen molar-refractivity contribution >= 4 is 11.9 Å². The lowest BCUT2D eigenvalue weighted by Gasteiger charge is -2.30. The Hall–Kier alpha value is -3.83. The summed E-state index contributed by atoms with van der Waals surface area (Å²) in [6.07, 6.45) is 5.41. The maximum Gasteiger partial charge on any atom is 0.421 e. The summed E-state index contributed by atoms with van der Waals surface area (Å²) in [6, 6.07) is 13.5. The topological polar surface area (TPSA) is 100 Å². The van der Waals surface area contributed by atoms with E-state index >= 15 is 0 Å². The normalized spacial score (nSPS) is 17.5. The van der Waals surface area contributed by atoms with Gasteiger partial charge in [0.2, 0.25) is 0 Å². The number of aromatic nitrogens is 2. The molecule has 0 unspecified atom stereocenters. The Kier molecular flexibility index (Phi) is 9.58. The van der Waals surface area contributed by atoms with Gasteiger partial charge in [-0.3, -0.25) is 9.80 Å². The minimum atomic E-state index is -0.508. The van der Waals surface area contributed by atoms with Gasteiger partial charge >= 0.3 is 6.09 Å². The molecule has 1 amide bonds. The fourth-order valence-corrected chi connectivity index (χ4v) is 4.90. The molecule has 3 heterocycles. The average molecular weight is 560 g/mol. The Morgan fingerprint density at radius 3 is 2.66 bits per heavy atom. The quantitative estimate of drug-likeness (QED) is 0.462. The van der Waals surface area contributed by atoms with Gasteiger partial charge in [-0.25, -0.2) is 14.8 Å². The van der Waals surface area contributed by atoms with Crippen molar-refractivity contribution in [1.29, 1.82) is 0 Å². The average Bonchev–Trinajstić information content (AvgIpc) is 2.96. The fourth-order valence-electron chi connectivity index (χ4n) is 4.90. The largest absolute Gasteiger partial charge is 0.492 e. The van der Waals surface area contributed by atoms with Crippen LogP contribution in [0.25, 0.3) is 0 Å². The van der Waals surface area contributed by atoms with Crippen molar-refractivity contribution in [2.45, 2.75) is 26.9 Å². The zero-order valence-electron chi connectivity index (χ0n) is 23.7. The predicted molar refractivity (Wildman–Crippen MR) is 155 cm³/mol. The smallest absolute Gasteiger partial charge is 0.421 e. The lowest BCUT2D eigenvalue weighted by molar-refractivity contribution is -0.117. The van der Waals surface area contributed by atoms with Gasteiger partial charge in [0.05, 0.1) is 13.2 Å². The molecule has 2 aromatic carbocycles. The standard InChI is InChI=1S/C31H37N5O5/c1-23-6-5-7-24(2)30(23)41-31(37)36-12-3-4-18-39-22-26-20-25(21-28-32-11-10-29(36)33-28)8-9-27(26)40-19-17-34-13-15-35(38)16-14-34/h3-11,20,38H,12-19,21-22H2,1-2H3/b4-3-. The molecule has 41 heavy (non-hydrogen) atoms. The number of nitrogens with zero attached hydrogens (tertiary/aromatic N) is 5. The molecule has 3 aromatic rings. The zero-order valence-corrected chi connectivity index (χ0v) is 23.7. The molecule has 216 valence electrons. The van der Waals surface area contributed by atoms with Crippen LogP contribution < -0.4 is 14.4 Å². The van der Waals surface area contributed by atoms with Gasteiger partial charge < -0.3 is 19.4 Å². The summed E-state index contributed by atoms with van der Waals surface area (Å²) in [4.78, 5) is 26.3. The summed E-state index contributed by atoms with van der Waals surface area (Å²) in [5.74, 6) is 2.41. The van der Waals surface area contributed by atoms with Crippen molar-refractivity contribution in [2.75, 3.05) is 57.4 Å². The first-order valence-corrected chi connectivity index (χ1v) is 14.0. The number of benzene rings is 2. The van der Waals surface area contributed by atoms with E-state index in [1.165, 1.54) is 9.96 Å². The number of fused-ring (bicyclic) bond motifs is 4. The second kappa shape index (κ2) is 13.7. The van der Waals surface area contributed by atoms with Gasteiger partial charge in [-0.15, -0.1) is 0 Å². The molecule has 10 nitrogen and oxygen atoms in total. The Bertz CT molecular complexity index is 1350. The number of carbonyl (C=O) groups excluding carboxylic acids is 1. The van der Waals surface area contributed by atoms with Gasteiger partial charge in [-0.2, -0.15) is 5.06 Å². The number of hydrogen-bond donors (Lipinski definition) is 1. The van der Waals surface area contributed by atoms with Crippen LogP contribution in [0.4, 0.5) is 10.6 Å². The third-order valence-electron chi connectivity index (χ3n) is 7.21. The molecule has 0 aliphatic carbocycles. The molecular weight excluding hydrogens is 522 g/mol. The van der Waals surface area contributed by atoms with Gasteiger partial charge in [-0.05, 0) is 48.7 Å². The van der Waals surface area contributed by atoms with Crippen LogP contribution in [0.1, 0.15) is 28.1 Å². The van der Waals surface area contributed by atoms with E-state index in [0.29, 0.717) is 56.7 Å². The second-order valence-corrected chi connectivity index (χ2v) is 10.3. The number of ether oxygens (including phenoxy) is 3. The van der Waals surface area contributed by atoms with Crippen LogP contribution in [0.2, 0.25) is 0 Å². The fraction of sp³-hybridized carbons (Fsp3) is 0.387. The van der Waals surface area contributed by atoms with E-state index < -0.39 is 6.09 Å². The lowest BCUT2D eigenvalue weighted by Crippen LogP contribution is -2.46. The lowest BCUT2D eigenvalue weighted by atomic mass is 10.1. The summed E-state index contributed by atoms with van der Waals surface area (Å²) in [5.41, 5.74) is 3.76. The van der Waals surface area contributed by atoms with Crippen LogP contribution in [0, 0.1) is 13.8 Å². The highest BCUT2D eigenvalue weighted by molar-refractivity contribution is 5.88. The molecule has 2 aliphatic heterocycles. The van der Waals surface area contributed by atoms with Gasteiger partial charge in [-0.1, -0.05) is 36.4 Å². The van der Waals surface area contributed by atoms with E-state index in [1.54, 1.807) is 12.3 Å². The number of carbonyl (C=O) groups is 1. The van der Waals surface area contributed by atoms with Gasteiger partial charge in [0.1, 0.15) is 29.7 Å². The number of para-hydroxylation sites is 1. The van der Waals surface area contributed by atoms with Crippen molar-refractivity contribution in [3.63, 3.8) is 0 Å². The zero-order chi connectivity index (χ0) is 28.6. The maximum atomic E-state index is 13.3. The first kappa shape index (κ1) is 28.7. The number of piperazine rings is 1. The number of rotatable bonds is 5. The molecule has 0 saturated carbocycles. The third kappa shape index (κ3) is 7.68. The van der Waals surface area contributed by atoms with E-state index in [0.717, 1.165) is 47.6 Å². The van der Waals surface area contributed by atoms with Crippen molar-refractivity contribution in [3.05, 3.63) is 88.9 Å². The van der Waals surface area contributed by atoms with Crippen LogP contribution >= 0.6 is 0 Å². The molecule has 10 heteroatoms. The van der Waals surface area contributed by atoms with E-state index in [4.69, 9.17) is 19.2 Å². The summed E-state index contributed by atoms with van der Waals surface area (Å²) in [5, 5.41) is 10.9. The summed E-state index contributed by atoms with van der Waals surface area (Å²) >= 11 is 0. The van der Waals surface area contributed by atoms with Crippen LogP contribution in [0.5, 0.6) is 11.5 Å². The van der Waals surface area contributed by atoms with Crippen molar-refractivity contribution in [2.24, 2.45) is 0 Å². The molecule has 0 spiro atoms. The van der Waals surface area contributed by atoms with Gasteiger partial charge in [0, 0.05) is 57.4 Å². The highest BCUT2D eigenvalue weighted by Gasteiger charge is 2.21. The number of hydroxylamine groups is 2. The van der Waals surface area contributed by atoms with Crippen LogP contribution in [0.3, 0.4) is 0 Å². The van der Waals surface area contributed by atoms with Crippen LogP contribution in [0.15, 0.2) is 60.8 Å². The molecule has 1 fully saturated rings. The molecule has 1 saturated heterocycles. The molecule has 1 N–H and O–H groups in total.